The average Bonchev–Trinajstić information content (AvgIpc) is 3.29. The Labute approximate surface area is 205 Å². The van der Waals surface area contributed by atoms with Crippen LogP contribution in [0.1, 0.15) is 55.1 Å². The third kappa shape index (κ3) is 6.53. The number of aryl methyl sites for hydroxylation is 1. The first kappa shape index (κ1) is 24.1. The van der Waals surface area contributed by atoms with Crippen molar-refractivity contribution in [3.8, 4) is 5.75 Å². The lowest BCUT2D eigenvalue weighted by Gasteiger charge is -2.25. The molecule has 1 fully saturated rings. The SMILES string of the molecule is COc1cccc(NCc2nnc(SCC(=O)NCc3ccc(C)cc3)n2C2CCCCC2)c1. The molecule has 1 aliphatic rings. The highest BCUT2D eigenvalue weighted by Crippen LogP contribution is 2.33. The van der Waals surface area contributed by atoms with E-state index in [-0.39, 0.29) is 5.91 Å². The summed E-state index contributed by atoms with van der Waals surface area (Å²) in [7, 11) is 1.67. The molecule has 7 nitrogen and oxygen atoms in total. The minimum absolute atomic E-state index is 0.000162. The van der Waals surface area contributed by atoms with E-state index in [9.17, 15) is 4.79 Å². The maximum atomic E-state index is 12.5. The molecule has 0 atom stereocenters. The van der Waals surface area contributed by atoms with Gasteiger partial charge in [0.15, 0.2) is 11.0 Å². The highest BCUT2D eigenvalue weighted by molar-refractivity contribution is 7.99. The summed E-state index contributed by atoms with van der Waals surface area (Å²) in [4.78, 5) is 12.5. The Kier molecular flexibility index (Phi) is 8.46. The maximum Gasteiger partial charge on any atom is 0.230 e. The van der Waals surface area contributed by atoms with Crippen LogP contribution in [0.3, 0.4) is 0 Å². The van der Waals surface area contributed by atoms with Crippen LogP contribution in [-0.4, -0.2) is 33.5 Å². The Balaban J connectivity index is 1.40. The topological polar surface area (TPSA) is 81.1 Å². The van der Waals surface area contributed by atoms with Gasteiger partial charge in [0, 0.05) is 24.3 Å². The summed E-state index contributed by atoms with van der Waals surface area (Å²) < 4.78 is 7.58. The molecule has 1 aromatic heterocycles. The molecule has 8 heteroatoms. The molecule has 1 heterocycles. The summed E-state index contributed by atoms with van der Waals surface area (Å²) in [6, 6.07) is 16.5. The third-order valence-corrected chi connectivity index (χ3v) is 7.08. The van der Waals surface area contributed by atoms with E-state index >= 15 is 0 Å². The number of anilines is 1. The lowest BCUT2D eigenvalue weighted by Crippen LogP contribution is -2.25. The van der Waals surface area contributed by atoms with E-state index in [1.165, 1.54) is 36.6 Å². The van der Waals surface area contributed by atoms with Gasteiger partial charge in [-0.1, -0.05) is 66.9 Å². The summed E-state index contributed by atoms with van der Waals surface area (Å²) in [6.07, 6.45) is 5.95. The molecule has 34 heavy (non-hydrogen) atoms. The number of carbonyl (C=O) groups excluding carboxylic acids is 1. The first-order valence-corrected chi connectivity index (χ1v) is 12.9. The van der Waals surface area contributed by atoms with Crippen LogP contribution in [0, 0.1) is 6.92 Å². The van der Waals surface area contributed by atoms with Crippen LogP contribution in [0.4, 0.5) is 5.69 Å². The van der Waals surface area contributed by atoms with Gasteiger partial charge in [-0.25, -0.2) is 0 Å². The van der Waals surface area contributed by atoms with E-state index in [0.717, 1.165) is 40.8 Å². The van der Waals surface area contributed by atoms with Gasteiger partial charge in [-0.05, 0) is 37.5 Å². The Morgan fingerprint density at radius 3 is 2.65 bits per heavy atom. The fourth-order valence-electron chi connectivity index (χ4n) is 4.23. The van der Waals surface area contributed by atoms with Crippen molar-refractivity contribution >= 4 is 23.4 Å². The molecule has 1 saturated carbocycles. The molecule has 3 aromatic rings. The summed E-state index contributed by atoms with van der Waals surface area (Å²) in [5.41, 5.74) is 3.28. The van der Waals surface area contributed by atoms with Crippen molar-refractivity contribution in [1.29, 1.82) is 0 Å². The van der Waals surface area contributed by atoms with E-state index < -0.39 is 0 Å². The zero-order valence-electron chi connectivity index (χ0n) is 19.9. The second-order valence-corrected chi connectivity index (χ2v) is 9.64. The maximum absolute atomic E-state index is 12.5. The van der Waals surface area contributed by atoms with Crippen molar-refractivity contribution in [2.24, 2.45) is 0 Å². The van der Waals surface area contributed by atoms with E-state index in [4.69, 9.17) is 4.74 Å². The normalized spacial score (nSPS) is 14.1. The number of nitrogens with zero attached hydrogens (tertiary/aromatic N) is 3. The highest BCUT2D eigenvalue weighted by atomic mass is 32.2. The first-order valence-electron chi connectivity index (χ1n) is 11.9. The Morgan fingerprint density at radius 1 is 1.09 bits per heavy atom. The monoisotopic (exact) mass is 479 g/mol. The molecule has 2 aromatic carbocycles. The molecule has 1 aliphatic carbocycles. The van der Waals surface area contributed by atoms with Crippen molar-refractivity contribution in [2.75, 3.05) is 18.2 Å². The number of benzene rings is 2. The van der Waals surface area contributed by atoms with Crippen LogP contribution >= 0.6 is 11.8 Å². The van der Waals surface area contributed by atoms with Crippen LogP contribution in [0.5, 0.6) is 5.75 Å². The molecule has 0 bridgehead atoms. The fourth-order valence-corrected chi connectivity index (χ4v) is 5.09. The second-order valence-electron chi connectivity index (χ2n) is 8.70. The smallest absolute Gasteiger partial charge is 0.230 e. The van der Waals surface area contributed by atoms with Crippen molar-refractivity contribution in [3.05, 3.63) is 65.5 Å². The lowest BCUT2D eigenvalue weighted by molar-refractivity contribution is -0.118. The summed E-state index contributed by atoms with van der Waals surface area (Å²) in [6.45, 7) is 3.16. The zero-order chi connectivity index (χ0) is 23.8. The van der Waals surface area contributed by atoms with Gasteiger partial charge in [0.25, 0.3) is 0 Å². The number of aromatic nitrogens is 3. The average molecular weight is 480 g/mol. The molecule has 4 rings (SSSR count). The van der Waals surface area contributed by atoms with Gasteiger partial charge >= 0.3 is 0 Å². The molecule has 1 amide bonds. The summed E-state index contributed by atoms with van der Waals surface area (Å²) in [5.74, 6) is 2.03. The zero-order valence-corrected chi connectivity index (χ0v) is 20.7. The molecule has 0 radical (unpaired) electrons. The number of hydrogen-bond donors (Lipinski definition) is 2. The molecular formula is C26H33N5O2S. The molecule has 0 unspecified atom stereocenters. The van der Waals surface area contributed by atoms with Crippen molar-refractivity contribution in [3.63, 3.8) is 0 Å². The Hall–Kier alpha value is -3.00. The van der Waals surface area contributed by atoms with Gasteiger partial charge in [-0.15, -0.1) is 10.2 Å². The molecule has 0 saturated heterocycles. The van der Waals surface area contributed by atoms with Crippen LogP contribution in [-0.2, 0) is 17.9 Å². The number of carbonyl (C=O) groups is 1. The predicted octanol–water partition coefficient (Wildman–Crippen LogP) is 5.12. The number of methoxy groups -OCH3 is 1. The number of ether oxygens (including phenoxy) is 1. The highest BCUT2D eigenvalue weighted by Gasteiger charge is 2.23. The van der Waals surface area contributed by atoms with Gasteiger partial charge < -0.3 is 19.9 Å². The van der Waals surface area contributed by atoms with Crippen LogP contribution in [0.25, 0.3) is 0 Å². The molecule has 0 spiro atoms. The van der Waals surface area contributed by atoms with Crippen molar-refractivity contribution in [1.82, 2.24) is 20.1 Å². The van der Waals surface area contributed by atoms with Gasteiger partial charge in [0.2, 0.25) is 5.91 Å². The number of rotatable bonds is 10. The molecule has 0 aliphatic heterocycles. The molecule has 2 N–H and O–H groups in total. The number of thioether (sulfide) groups is 1. The Morgan fingerprint density at radius 2 is 1.88 bits per heavy atom. The number of amides is 1. The van der Waals surface area contributed by atoms with E-state index in [1.54, 1.807) is 7.11 Å². The standard InChI is InChI=1S/C26H33N5O2S/c1-19-11-13-20(14-12-19)16-28-25(32)18-34-26-30-29-24(31(26)22-8-4-3-5-9-22)17-27-21-7-6-10-23(15-21)33-2/h6-7,10-15,22,27H,3-5,8-9,16-18H2,1-2H3,(H,28,32). The summed E-state index contributed by atoms with van der Waals surface area (Å²) in [5, 5.41) is 16.2. The van der Waals surface area contributed by atoms with E-state index in [1.807, 2.05) is 36.4 Å². The van der Waals surface area contributed by atoms with Gasteiger partial charge in [-0.2, -0.15) is 0 Å². The fraction of sp³-hybridized carbons (Fsp3) is 0.423. The van der Waals surface area contributed by atoms with Crippen LogP contribution < -0.4 is 15.4 Å². The minimum Gasteiger partial charge on any atom is -0.497 e. The van der Waals surface area contributed by atoms with Gasteiger partial charge in [0.1, 0.15) is 5.75 Å². The first-order chi connectivity index (χ1) is 16.6. The van der Waals surface area contributed by atoms with Crippen molar-refractivity contribution in [2.45, 2.75) is 63.3 Å². The van der Waals surface area contributed by atoms with Crippen LogP contribution in [0.2, 0.25) is 0 Å². The van der Waals surface area contributed by atoms with E-state index in [2.05, 4.69) is 44.5 Å². The number of hydrogen-bond acceptors (Lipinski definition) is 6. The number of nitrogens with one attached hydrogen (secondary N) is 2. The summed E-state index contributed by atoms with van der Waals surface area (Å²) >= 11 is 1.46. The van der Waals surface area contributed by atoms with Gasteiger partial charge in [0.05, 0.1) is 19.4 Å². The predicted molar refractivity (Wildman–Crippen MR) is 136 cm³/mol. The largest absolute Gasteiger partial charge is 0.497 e. The quantitative estimate of drug-likeness (QED) is 0.393. The third-order valence-electron chi connectivity index (χ3n) is 6.14. The van der Waals surface area contributed by atoms with Crippen molar-refractivity contribution < 1.29 is 9.53 Å². The van der Waals surface area contributed by atoms with Gasteiger partial charge in [-0.3, -0.25) is 4.79 Å². The van der Waals surface area contributed by atoms with Crippen LogP contribution in [0.15, 0.2) is 53.7 Å². The van der Waals surface area contributed by atoms with E-state index in [0.29, 0.717) is 24.9 Å². The molecular weight excluding hydrogens is 446 g/mol. The molecule has 180 valence electrons. The lowest BCUT2D eigenvalue weighted by atomic mass is 9.95. The second kappa shape index (κ2) is 11.9. The Bertz CT molecular complexity index is 1080. The minimum atomic E-state index is -0.000162.